The summed E-state index contributed by atoms with van der Waals surface area (Å²) >= 11 is 0. The molecule has 14 aromatic rings. The summed E-state index contributed by atoms with van der Waals surface area (Å²) in [6.45, 7) is 0. The van der Waals surface area contributed by atoms with E-state index in [9.17, 15) is 0 Å². The van der Waals surface area contributed by atoms with E-state index in [1.807, 2.05) is 48.5 Å². The lowest BCUT2D eigenvalue weighted by atomic mass is 9.70. The van der Waals surface area contributed by atoms with Crippen molar-refractivity contribution in [3.8, 4) is 89.8 Å². The molecule has 0 unspecified atom stereocenters. The summed E-state index contributed by atoms with van der Waals surface area (Å²) in [6, 6.07) is 88.8. The van der Waals surface area contributed by atoms with E-state index >= 15 is 0 Å². The second-order valence-electron chi connectivity index (χ2n) is 19.8. The van der Waals surface area contributed by atoms with Crippen molar-refractivity contribution in [3.63, 3.8) is 0 Å². The van der Waals surface area contributed by atoms with Gasteiger partial charge in [0.15, 0.2) is 17.5 Å². The molecule has 11 aromatic carbocycles. The molecule has 348 valence electrons. The molecule has 1 spiro atoms. The van der Waals surface area contributed by atoms with Gasteiger partial charge in [0.25, 0.3) is 0 Å². The van der Waals surface area contributed by atoms with Gasteiger partial charge >= 0.3 is 0 Å². The first kappa shape index (κ1) is 41.6. The Hall–Kier alpha value is -9.97. The molecule has 2 aliphatic carbocycles. The van der Waals surface area contributed by atoms with E-state index in [2.05, 4.69) is 200 Å². The predicted octanol–water partition coefficient (Wildman–Crippen LogP) is 18.0. The van der Waals surface area contributed by atoms with Crippen molar-refractivity contribution in [2.24, 2.45) is 0 Å². The average Bonchev–Trinajstić information content (AvgIpc) is 4.39. The van der Waals surface area contributed by atoms with Crippen molar-refractivity contribution >= 4 is 43.9 Å². The maximum Gasteiger partial charge on any atom is 0.164 e. The number of aromatic nitrogens is 3. The molecule has 5 nitrogen and oxygen atoms in total. The Morgan fingerprint density at radius 2 is 0.680 bits per heavy atom. The Labute approximate surface area is 431 Å². The molecule has 0 saturated carbocycles. The molecular formula is C70H41N3O2. The molecule has 16 rings (SSSR count). The molecule has 0 amide bonds. The maximum atomic E-state index is 6.65. The van der Waals surface area contributed by atoms with Crippen molar-refractivity contribution in [1.82, 2.24) is 15.0 Å². The summed E-state index contributed by atoms with van der Waals surface area (Å²) in [5.74, 6) is 1.71. The van der Waals surface area contributed by atoms with Gasteiger partial charge in [0.2, 0.25) is 0 Å². The van der Waals surface area contributed by atoms with E-state index in [4.69, 9.17) is 23.8 Å². The zero-order chi connectivity index (χ0) is 49.2. The fourth-order valence-electron chi connectivity index (χ4n) is 12.4. The van der Waals surface area contributed by atoms with Crippen molar-refractivity contribution in [3.05, 3.63) is 271 Å². The molecule has 0 saturated heterocycles. The van der Waals surface area contributed by atoms with Gasteiger partial charge in [0.05, 0.1) is 5.41 Å². The van der Waals surface area contributed by atoms with Crippen LogP contribution >= 0.6 is 0 Å². The highest BCUT2D eigenvalue weighted by molar-refractivity contribution is 6.13. The maximum absolute atomic E-state index is 6.65. The van der Waals surface area contributed by atoms with E-state index in [0.717, 1.165) is 88.4 Å². The summed E-state index contributed by atoms with van der Waals surface area (Å²) in [4.78, 5) is 15.8. The highest BCUT2D eigenvalue weighted by Crippen LogP contribution is 2.63. The summed E-state index contributed by atoms with van der Waals surface area (Å²) < 4.78 is 12.9. The summed E-state index contributed by atoms with van der Waals surface area (Å²) in [5.41, 5.74) is 22.8. The van der Waals surface area contributed by atoms with Crippen LogP contribution in [0.4, 0.5) is 0 Å². The van der Waals surface area contributed by atoms with Gasteiger partial charge in [-0.1, -0.05) is 194 Å². The van der Waals surface area contributed by atoms with E-state index in [1.54, 1.807) is 0 Å². The molecule has 2 aliphatic rings. The van der Waals surface area contributed by atoms with Crippen LogP contribution in [0.15, 0.2) is 258 Å². The first-order valence-corrected chi connectivity index (χ1v) is 25.5. The lowest BCUT2D eigenvalue weighted by Crippen LogP contribution is -2.25. The second-order valence-corrected chi connectivity index (χ2v) is 19.8. The monoisotopic (exact) mass is 955 g/mol. The largest absolute Gasteiger partial charge is 0.456 e. The van der Waals surface area contributed by atoms with Gasteiger partial charge < -0.3 is 8.83 Å². The van der Waals surface area contributed by atoms with Crippen LogP contribution < -0.4 is 0 Å². The minimum absolute atomic E-state index is 0.410. The smallest absolute Gasteiger partial charge is 0.164 e. The van der Waals surface area contributed by atoms with Crippen LogP contribution in [0.2, 0.25) is 0 Å². The van der Waals surface area contributed by atoms with E-state index in [-0.39, 0.29) is 0 Å². The molecule has 0 N–H and O–H groups in total. The summed E-state index contributed by atoms with van der Waals surface area (Å²) in [6.07, 6.45) is 0. The summed E-state index contributed by atoms with van der Waals surface area (Å²) in [7, 11) is 0. The Morgan fingerprint density at radius 3 is 1.41 bits per heavy atom. The number of hydrogen-bond acceptors (Lipinski definition) is 5. The molecule has 5 heteroatoms. The van der Waals surface area contributed by atoms with Gasteiger partial charge in [0, 0.05) is 38.2 Å². The first-order valence-electron chi connectivity index (χ1n) is 25.5. The van der Waals surface area contributed by atoms with Gasteiger partial charge in [-0.3, -0.25) is 0 Å². The normalized spacial score (nSPS) is 12.9. The van der Waals surface area contributed by atoms with Crippen LogP contribution in [-0.4, -0.2) is 15.0 Å². The Kier molecular flexibility index (Phi) is 8.89. The number of fused-ring (bicyclic) bond motifs is 16. The zero-order valence-corrected chi connectivity index (χ0v) is 40.3. The van der Waals surface area contributed by atoms with Crippen LogP contribution in [-0.2, 0) is 5.41 Å². The van der Waals surface area contributed by atoms with Crippen LogP contribution in [0.3, 0.4) is 0 Å². The first-order chi connectivity index (χ1) is 37.1. The quantitative estimate of drug-likeness (QED) is 0.166. The minimum Gasteiger partial charge on any atom is -0.456 e. The van der Waals surface area contributed by atoms with Crippen LogP contribution in [0, 0.1) is 0 Å². The van der Waals surface area contributed by atoms with Crippen molar-refractivity contribution in [2.75, 3.05) is 0 Å². The van der Waals surface area contributed by atoms with E-state index in [1.165, 1.54) is 50.1 Å². The highest BCUT2D eigenvalue weighted by Gasteiger charge is 2.51. The number of benzene rings is 11. The molecule has 0 atom stereocenters. The SMILES string of the molecule is c1ccc(-c2ccc(-c3nc(-c4ccc5oc6ccccc6c5c4)nc(-c4cccc5oc6ccc(-c7cccc(-c8ccc9c(c8)C8(c%10ccccc%10-c%10ccccc%108)c8ccccc8-9)c7)cc6c45)n3)cc2)cc1. The number of furan rings is 2. The van der Waals surface area contributed by atoms with Crippen molar-refractivity contribution < 1.29 is 8.83 Å². The molecular weight excluding hydrogens is 915 g/mol. The lowest BCUT2D eigenvalue weighted by molar-refractivity contribution is 0.668. The van der Waals surface area contributed by atoms with Crippen LogP contribution in [0.1, 0.15) is 22.3 Å². The van der Waals surface area contributed by atoms with Gasteiger partial charge in [-0.25, -0.2) is 15.0 Å². The Morgan fingerprint density at radius 1 is 0.240 bits per heavy atom. The molecule has 0 radical (unpaired) electrons. The highest BCUT2D eigenvalue weighted by atomic mass is 16.3. The zero-order valence-electron chi connectivity index (χ0n) is 40.3. The summed E-state index contributed by atoms with van der Waals surface area (Å²) in [5, 5.41) is 3.99. The fourth-order valence-corrected chi connectivity index (χ4v) is 12.4. The van der Waals surface area contributed by atoms with Gasteiger partial charge in [-0.15, -0.1) is 0 Å². The third kappa shape index (κ3) is 6.22. The molecule has 0 bridgehead atoms. The predicted molar refractivity (Wildman–Crippen MR) is 303 cm³/mol. The van der Waals surface area contributed by atoms with Crippen LogP contribution in [0.25, 0.3) is 134 Å². The van der Waals surface area contributed by atoms with Gasteiger partial charge in [-0.2, -0.15) is 0 Å². The molecule has 0 fully saturated rings. The third-order valence-corrected chi connectivity index (χ3v) is 15.8. The Bertz CT molecular complexity index is 4600. The molecule has 3 heterocycles. The van der Waals surface area contributed by atoms with Crippen molar-refractivity contribution in [1.29, 1.82) is 0 Å². The van der Waals surface area contributed by atoms with E-state index in [0.29, 0.717) is 17.5 Å². The molecule has 75 heavy (non-hydrogen) atoms. The number of rotatable bonds is 6. The third-order valence-electron chi connectivity index (χ3n) is 15.8. The Balaban J connectivity index is 0.826. The average molecular weight is 956 g/mol. The number of para-hydroxylation sites is 1. The minimum atomic E-state index is -0.410. The number of nitrogens with zero attached hydrogens (tertiary/aromatic N) is 3. The standard InChI is InChI=1S/C70H41N3O2/c1-2-14-42(15-3-1)43-28-30-44(31-29-43)67-71-68(49-34-37-63-56(40-49)54-21-7-11-26-62(54)74-63)73-69(72-67)55-22-13-27-65-66(55)57-39-47(33-36-64(57)75-65)45-16-12-17-46(38-45)48-32-35-53-52-20-6-10-25-60(52)70(61(53)41-48)58-23-8-4-18-50(58)51-19-5-9-24-59(51)70/h1-41H. The van der Waals surface area contributed by atoms with Crippen molar-refractivity contribution in [2.45, 2.75) is 5.41 Å². The van der Waals surface area contributed by atoms with Gasteiger partial charge in [-0.05, 0) is 132 Å². The topological polar surface area (TPSA) is 65.0 Å². The number of hydrogen-bond donors (Lipinski definition) is 0. The van der Waals surface area contributed by atoms with Gasteiger partial charge in [0.1, 0.15) is 22.3 Å². The van der Waals surface area contributed by atoms with E-state index < -0.39 is 5.41 Å². The second kappa shape index (κ2) is 16.0. The fraction of sp³-hybridized carbons (Fsp3) is 0.0143. The van der Waals surface area contributed by atoms with Crippen LogP contribution in [0.5, 0.6) is 0 Å². The molecule has 0 aliphatic heterocycles. The molecule has 3 aromatic heterocycles. The lowest BCUT2D eigenvalue weighted by Gasteiger charge is -2.30.